The van der Waals surface area contributed by atoms with Gasteiger partial charge in [-0.1, -0.05) is 36.8 Å². The number of methoxy groups -OCH3 is 1. The monoisotopic (exact) mass is 283 g/mol. The fourth-order valence-electron chi connectivity index (χ4n) is 2.68. The number of carbonyl (C=O) groups is 1. The van der Waals surface area contributed by atoms with E-state index in [-0.39, 0.29) is 24.3 Å². The van der Waals surface area contributed by atoms with E-state index in [1.165, 1.54) is 25.5 Å². The SMILES string of the molecule is COC(=O)CC(c1ccccc1)C1CCCCN1.Cl. The first-order valence-electron chi connectivity index (χ1n) is 6.66. The second kappa shape index (κ2) is 8.18. The second-order valence-corrected chi connectivity index (χ2v) is 4.85. The van der Waals surface area contributed by atoms with Crippen LogP contribution in [-0.2, 0) is 9.53 Å². The van der Waals surface area contributed by atoms with Crippen LogP contribution >= 0.6 is 12.4 Å². The number of esters is 1. The van der Waals surface area contributed by atoms with E-state index in [2.05, 4.69) is 17.4 Å². The van der Waals surface area contributed by atoms with Gasteiger partial charge in [0.25, 0.3) is 0 Å². The quantitative estimate of drug-likeness (QED) is 0.864. The van der Waals surface area contributed by atoms with Crippen molar-refractivity contribution in [3.05, 3.63) is 35.9 Å². The molecule has 0 bridgehead atoms. The molecule has 106 valence electrons. The standard InChI is InChI=1S/C15H21NO2.ClH/c1-18-15(17)11-13(12-7-3-2-4-8-12)14-9-5-6-10-16-14;/h2-4,7-8,13-14,16H,5-6,9-11H2,1H3;1H. The molecule has 2 unspecified atom stereocenters. The zero-order chi connectivity index (χ0) is 12.8. The van der Waals surface area contributed by atoms with Crippen molar-refractivity contribution in [1.29, 1.82) is 0 Å². The number of hydrogen-bond donors (Lipinski definition) is 1. The Balaban J connectivity index is 0.00000180. The van der Waals surface area contributed by atoms with Crippen molar-refractivity contribution in [3.8, 4) is 0 Å². The van der Waals surface area contributed by atoms with E-state index in [0.717, 1.165) is 13.0 Å². The molecule has 1 aliphatic heterocycles. The minimum Gasteiger partial charge on any atom is -0.469 e. The molecule has 0 amide bonds. The summed E-state index contributed by atoms with van der Waals surface area (Å²) in [4.78, 5) is 11.6. The molecule has 0 aromatic heterocycles. The third-order valence-electron chi connectivity index (χ3n) is 3.68. The molecule has 3 nitrogen and oxygen atoms in total. The van der Waals surface area contributed by atoms with Crippen LogP contribution in [0.5, 0.6) is 0 Å². The van der Waals surface area contributed by atoms with Crippen LogP contribution in [-0.4, -0.2) is 25.7 Å². The number of nitrogens with one attached hydrogen (secondary N) is 1. The van der Waals surface area contributed by atoms with E-state index in [9.17, 15) is 4.79 Å². The molecule has 2 atom stereocenters. The van der Waals surface area contributed by atoms with Crippen LogP contribution in [0.25, 0.3) is 0 Å². The van der Waals surface area contributed by atoms with Crippen LogP contribution in [0.1, 0.15) is 37.2 Å². The Kier molecular flexibility index (Phi) is 6.89. The van der Waals surface area contributed by atoms with Gasteiger partial charge in [0.15, 0.2) is 0 Å². The first-order chi connectivity index (χ1) is 8.81. The van der Waals surface area contributed by atoms with Gasteiger partial charge in [0.05, 0.1) is 13.5 Å². The van der Waals surface area contributed by atoms with Crippen molar-refractivity contribution in [2.24, 2.45) is 0 Å². The zero-order valence-electron chi connectivity index (χ0n) is 11.3. The third kappa shape index (κ3) is 4.51. The van der Waals surface area contributed by atoms with Gasteiger partial charge in [-0.15, -0.1) is 12.4 Å². The van der Waals surface area contributed by atoms with Crippen molar-refractivity contribution >= 4 is 18.4 Å². The van der Waals surface area contributed by atoms with E-state index in [1.807, 2.05) is 18.2 Å². The first kappa shape index (κ1) is 16.0. The molecule has 1 aliphatic rings. The van der Waals surface area contributed by atoms with Crippen LogP contribution in [0.3, 0.4) is 0 Å². The van der Waals surface area contributed by atoms with Crippen molar-refractivity contribution in [3.63, 3.8) is 0 Å². The van der Waals surface area contributed by atoms with Crippen molar-refractivity contribution in [2.75, 3.05) is 13.7 Å². The maximum atomic E-state index is 11.6. The minimum absolute atomic E-state index is 0. The number of halogens is 1. The van der Waals surface area contributed by atoms with Gasteiger partial charge in [-0.2, -0.15) is 0 Å². The van der Waals surface area contributed by atoms with Crippen molar-refractivity contribution < 1.29 is 9.53 Å². The van der Waals surface area contributed by atoms with Crippen molar-refractivity contribution in [1.82, 2.24) is 5.32 Å². The van der Waals surface area contributed by atoms with Gasteiger partial charge >= 0.3 is 5.97 Å². The molecular formula is C15H22ClNO2. The number of carbonyl (C=O) groups excluding carboxylic acids is 1. The van der Waals surface area contributed by atoms with Crippen molar-refractivity contribution in [2.45, 2.75) is 37.6 Å². The van der Waals surface area contributed by atoms with Gasteiger partial charge in [-0.3, -0.25) is 4.79 Å². The summed E-state index contributed by atoms with van der Waals surface area (Å²) in [6.45, 7) is 1.05. The van der Waals surface area contributed by atoms with Crippen LogP contribution in [0.4, 0.5) is 0 Å². The molecule has 1 heterocycles. The molecule has 4 heteroatoms. The minimum atomic E-state index is -0.128. The first-order valence-corrected chi connectivity index (χ1v) is 6.66. The van der Waals surface area contributed by atoms with Crippen LogP contribution in [0, 0.1) is 0 Å². The Morgan fingerprint density at radius 2 is 2.11 bits per heavy atom. The Morgan fingerprint density at radius 3 is 2.68 bits per heavy atom. The summed E-state index contributed by atoms with van der Waals surface area (Å²) in [5.74, 6) is 0.0928. The molecule has 0 spiro atoms. The highest BCUT2D eigenvalue weighted by Crippen LogP contribution is 2.28. The molecule has 2 rings (SSSR count). The summed E-state index contributed by atoms with van der Waals surface area (Å²) < 4.78 is 4.83. The van der Waals surface area contributed by atoms with Crippen LogP contribution < -0.4 is 5.32 Å². The number of ether oxygens (including phenoxy) is 1. The van der Waals surface area contributed by atoms with Gasteiger partial charge in [-0.25, -0.2) is 0 Å². The molecule has 0 radical (unpaired) electrons. The van der Waals surface area contributed by atoms with E-state index < -0.39 is 0 Å². The Hall–Kier alpha value is -1.06. The molecule has 1 saturated heterocycles. The number of benzene rings is 1. The molecule has 1 N–H and O–H groups in total. The smallest absolute Gasteiger partial charge is 0.306 e. The molecule has 1 aromatic rings. The summed E-state index contributed by atoms with van der Waals surface area (Å²) in [6.07, 6.45) is 4.06. The summed E-state index contributed by atoms with van der Waals surface area (Å²) in [5, 5.41) is 3.54. The maximum absolute atomic E-state index is 11.6. The predicted molar refractivity (Wildman–Crippen MR) is 78.7 cm³/mol. The fraction of sp³-hybridized carbons (Fsp3) is 0.533. The van der Waals surface area contributed by atoms with Crippen LogP contribution in [0.15, 0.2) is 30.3 Å². The molecule has 0 saturated carbocycles. The summed E-state index contributed by atoms with van der Waals surface area (Å²) in [6, 6.07) is 10.7. The van der Waals surface area contributed by atoms with E-state index in [0.29, 0.717) is 12.5 Å². The topological polar surface area (TPSA) is 38.3 Å². The van der Waals surface area contributed by atoms with Crippen LogP contribution in [0.2, 0.25) is 0 Å². The van der Waals surface area contributed by atoms with E-state index >= 15 is 0 Å². The van der Waals surface area contributed by atoms with E-state index in [4.69, 9.17) is 4.74 Å². The van der Waals surface area contributed by atoms with Gasteiger partial charge in [0, 0.05) is 12.0 Å². The van der Waals surface area contributed by atoms with Gasteiger partial charge < -0.3 is 10.1 Å². The lowest BCUT2D eigenvalue weighted by molar-refractivity contribution is -0.141. The number of rotatable bonds is 4. The zero-order valence-corrected chi connectivity index (χ0v) is 12.1. The highest BCUT2D eigenvalue weighted by atomic mass is 35.5. The summed E-state index contributed by atoms with van der Waals surface area (Å²) in [7, 11) is 1.46. The lowest BCUT2D eigenvalue weighted by Crippen LogP contribution is -2.39. The summed E-state index contributed by atoms with van der Waals surface area (Å²) >= 11 is 0. The Morgan fingerprint density at radius 1 is 1.37 bits per heavy atom. The molecule has 1 aromatic carbocycles. The third-order valence-corrected chi connectivity index (χ3v) is 3.68. The summed E-state index contributed by atoms with van der Waals surface area (Å²) in [5.41, 5.74) is 1.22. The molecular weight excluding hydrogens is 262 g/mol. The number of piperidine rings is 1. The molecule has 19 heavy (non-hydrogen) atoms. The normalized spacial score (nSPS) is 20.2. The van der Waals surface area contributed by atoms with E-state index in [1.54, 1.807) is 0 Å². The highest BCUT2D eigenvalue weighted by molar-refractivity contribution is 5.85. The lowest BCUT2D eigenvalue weighted by atomic mass is 9.84. The van der Waals surface area contributed by atoms with Gasteiger partial charge in [-0.05, 0) is 24.9 Å². The number of hydrogen-bond acceptors (Lipinski definition) is 3. The average Bonchev–Trinajstić information content (AvgIpc) is 2.46. The predicted octanol–water partition coefficient (Wildman–Crippen LogP) is 2.90. The van der Waals surface area contributed by atoms with Gasteiger partial charge in [0.2, 0.25) is 0 Å². The largest absolute Gasteiger partial charge is 0.469 e. The fourth-order valence-corrected chi connectivity index (χ4v) is 2.68. The average molecular weight is 284 g/mol. The maximum Gasteiger partial charge on any atom is 0.306 e. The van der Waals surface area contributed by atoms with Gasteiger partial charge in [0.1, 0.15) is 0 Å². The highest BCUT2D eigenvalue weighted by Gasteiger charge is 2.27. The molecule has 0 aliphatic carbocycles. The Labute approximate surface area is 121 Å². The molecule has 1 fully saturated rings. The lowest BCUT2D eigenvalue weighted by Gasteiger charge is -2.31. The Bertz CT molecular complexity index is 377. The second-order valence-electron chi connectivity index (χ2n) is 4.85.